The lowest BCUT2D eigenvalue weighted by Crippen LogP contribution is -2.19. The summed E-state index contributed by atoms with van der Waals surface area (Å²) < 4.78 is 0. The minimum absolute atomic E-state index is 0.705. The molecule has 3 heteroatoms. The van der Waals surface area contributed by atoms with Crippen molar-refractivity contribution in [1.82, 2.24) is 10.2 Å². The molecule has 0 radical (unpaired) electrons. The fourth-order valence-corrected chi connectivity index (χ4v) is 1.48. The molecule has 1 atom stereocenters. The third kappa shape index (κ3) is 1.40. The van der Waals surface area contributed by atoms with Gasteiger partial charge in [-0.2, -0.15) is 5.10 Å². The summed E-state index contributed by atoms with van der Waals surface area (Å²) in [7, 11) is 0. The molecule has 74 valence electrons. The molecular weight excluding hydrogens is 176 g/mol. The molecule has 3 nitrogen and oxygen atoms in total. The lowest BCUT2D eigenvalue weighted by atomic mass is 9.93. The van der Waals surface area contributed by atoms with E-state index in [4.69, 9.17) is 0 Å². The van der Waals surface area contributed by atoms with Crippen LogP contribution in [0.5, 0.6) is 0 Å². The first kappa shape index (κ1) is 9.21. The van der Waals surface area contributed by atoms with Gasteiger partial charge in [-0.15, -0.1) is 0 Å². The maximum absolute atomic E-state index is 10.1. The number of aromatic nitrogens is 2. The Morgan fingerprint density at radius 3 is 3.00 bits per heavy atom. The Morgan fingerprint density at radius 1 is 1.50 bits per heavy atom. The predicted octanol–water partition coefficient (Wildman–Crippen LogP) is 2.18. The van der Waals surface area contributed by atoms with Gasteiger partial charge in [0, 0.05) is 5.39 Å². The minimum Gasteiger partial charge on any atom is -0.385 e. The van der Waals surface area contributed by atoms with Crippen LogP contribution in [-0.4, -0.2) is 15.3 Å². The molecule has 0 spiro atoms. The van der Waals surface area contributed by atoms with Crippen LogP contribution in [0.15, 0.2) is 24.4 Å². The third-order valence-corrected chi connectivity index (χ3v) is 2.75. The maximum atomic E-state index is 10.1. The summed E-state index contributed by atoms with van der Waals surface area (Å²) in [4.78, 5) is 0. The van der Waals surface area contributed by atoms with E-state index < -0.39 is 5.60 Å². The van der Waals surface area contributed by atoms with Gasteiger partial charge in [-0.1, -0.05) is 13.0 Å². The van der Waals surface area contributed by atoms with Crippen molar-refractivity contribution < 1.29 is 5.11 Å². The highest BCUT2D eigenvalue weighted by Gasteiger charge is 2.20. The second-order valence-electron chi connectivity index (χ2n) is 3.80. The van der Waals surface area contributed by atoms with Gasteiger partial charge < -0.3 is 5.11 Å². The first-order chi connectivity index (χ1) is 6.63. The van der Waals surface area contributed by atoms with Crippen molar-refractivity contribution >= 4 is 10.9 Å². The SMILES string of the molecule is CCC(C)(O)c1ccc2[nH]ncc2c1. The second-order valence-corrected chi connectivity index (χ2v) is 3.80. The second kappa shape index (κ2) is 3.10. The van der Waals surface area contributed by atoms with E-state index in [9.17, 15) is 5.11 Å². The number of benzene rings is 1. The van der Waals surface area contributed by atoms with Gasteiger partial charge in [0.25, 0.3) is 0 Å². The van der Waals surface area contributed by atoms with Gasteiger partial charge in [-0.05, 0) is 31.0 Å². The van der Waals surface area contributed by atoms with Gasteiger partial charge in [0.2, 0.25) is 0 Å². The fraction of sp³-hybridized carbons (Fsp3) is 0.364. The number of nitrogens with one attached hydrogen (secondary N) is 1. The van der Waals surface area contributed by atoms with E-state index in [1.54, 1.807) is 6.20 Å². The van der Waals surface area contributed by atoms with E-state index >= 15 is 0 Å². The summed E-state index contributed by atoms with van der Waals surface area (Å²) in [5.41, 5.74) is 1.19. The zero-order chi connectivity index (χ0) is 10.2. The molecule has 0 bridgehead atoms. The molecule has 2 N–H and O–H groups in total. The van der Waals surface area contributed by atoms with E-state index in [1.807, 2.05) is 32.0 Å². The molecule has 0 aliphatic carbocycles. The molecule has 0 fully saturated rings. The van der Waals surface area contributed by atoms with E-state index in [2.05, 4.69) is 10.2 Å². The van der Waals surface area contributed by atoms with Gasteiger partial charge in [0.05, 0.1) is 17.3 Å². The van der Waals surface area contributed by atoms with Crippen LogP contribution in [0, 0.1) is 0 Å². The van der Waals surface area contributed by atoms with Crippen molar-refractivity contribution in [2.45, 2.75) is 25.9 Å². The number of H-pyrrole nitrogens is 1. The molecule has 0 saturated carbocycles. The standard InChI is InChI=1S/C11H14N2O/c1-3-11(2,14)9-4-5-10-8(6-9)7-12-13-10/h4-7,14H,3H2,1-2H3,(H,12,13). The summed E-state index contributed by atoms with van der Waals surface area (Å²) in [5.74, 6) is 0. The summed E-state index contributed by atoms with van der Waals surface area (Å²) in [5, 5.41) is 17.9. The van der Waals surface area contributed by atoms with Crippen molar-refractivity contribution in [2.24, 2.45) is 0 Å². The lowest BCUT2D eigenvalue weighted by molar-refractivity contribution is 0.0532. The lowest BCUT2D eigenvalue weighted by Gasteiger charge is -2.21. The highest BCUT2D eigenvalue weighted by Crippen LogP contribution is 2.26. The van der Waals surface area contributed by atoms with Crippen molar-refractivity contribution in [3.63, 3.8) is 0 Å². The molecule has 2 aromatic rings. The van der Waals surface area contributed by atoms with Crippen molar-refractivity contribution in [3.05, 3.63) is 30.0 Å². The topological polar surface area (TPSA) is 48.9 Å². The molecule has 1 heterocycles. The number of fused-ring (bicyclic) bond motifs is 1. The number of aromatic amines is 1. The van der Waals surface area contributed by atoms with Gasteiger partial charge in [-0.25, -0.2) is 0 Å². The smallest absolute Gasteiger partial charge is 0.0866 e. The van der Waals surface area contributed by atoms with Crippen LogP contribution in [0.25, 0.3) is 10.9 Å². The van der Waals surface area contributed by atoms with Gasteiger partial charge >= 0.3 is 0 Å². The summed E-state index contributed by atoms with van der Waals surface area (Å²) in [6.45, 7) is 3.80. The zero-order valence-corrected chi connectivity index (χ0v) is 8.41. The van der Waals surface area contributed by atoms with Gasteiger partial charge in [-0.3, -0.25) is 5.10 Å². The first-order valence-electron chi connectivity index (χ1n) is 4.79. The van der Waals surface area contributed by atoms with Crippen molar-refractivity contribution in [1.29, 1.82) is 0 Å². The van der Waals surface area contributed by atoms with Crippen LogP contribution < -0.4 is 0 Å². The highest BCUT2D eigenvalue weighted by molar-refractivity contribution is 5.78. The largest absolute Gasteiger partial charge is 0.385 e. The summed E-state index contributed by atoms with van der Waals surface area (Å²) >= 11 is 0. The van der Waals surface area contributed by atoms with E-state index in [-0.39, 0.29) is 0 Å². The Morgan fingerprint density at radius 2 is 2.29 bits per heavy atom. The molecule has 0 saturated heterocycles. The Labute approximate surface area is 82.8 Å². The Bertz CT molecular complexity index is 445. The van der Waals surface area contributed by atoms with E-state index in [0.29, 0.717) is 6.42 Å². The summed E-state index contributed by atoms with van der Waals surface area (Å²) in [6, 6.07) is 5.86. The van der Waals surface area contributed by atoms with Crippen molar-refractivity contribution in [3.8, 4) is 0 Å². The first-order valence-corrected chi connectivity index (χ1v) is 4.79. The molecule has 14 heavy (non-hydrogen) atoms. The number of hydrogen-bond acceptors (Lipinski definition) is 2. The fourth-order valence-electron chi connectivity index (χ4n) is 1.48. The van der Waals surface area contributed by atoms with E-state index in [0.717, 1.165) is 16.5 Å². The molecule has 1 aromatic carbocycles. The van der Waals surface area contributed by atoms with E-state index in [1.165, 1.54) is 0 Å². The molecule has 1 unspecified atom stereocenters. The molecule has 0 aliphatic heterocycles. The number of rotatable bonds is 2. The average Bonchev–Trinajstić information content (AvgIpc) is 2.64. The maximum Gasteiger partial charge on any atom is 0.0866 e. The number of nitrogens with zero attached hydrogens (tertiary/aromatic N) is 1. The minimum atomic E-state index is -0.745. The summed E-state index contributed by atoms with van der Waals surface area (Å²) in [6.07, 6.45) is 2.47. The van der Waals surface area contributed by atoms with Gasteiger partial charge in [0.15, 0.2) is 0 Å². The predicted molar refractivity (Wildman–Crippen MR) is 56.0 cm³/mol. The van der Waals surface area contributed by atoms with Crippen molar-refractivity contribution in [2.75, 3.05) is 0 Å². The number of aliphatic hydroxyl groups is 1. The van der Waals surface area contributed by atoms with Crippen LogP contribution in [-0.2, 0) is 5.60 Å². The Kier molecular flexibility index (Phi) is 2.04. The van der Waals surface area contributed by atoms with Crippen LogP contribution in [0.2, 0.25) is 0 Å². The monoisotopic (exact) mass is 190 g/mol. The number of hydrogen-bond donors (Lipinski definition) is 2. The Balaban J connectivity index is 2.53. The molecule has 1 aromatic heterocycles. The molecule has 0 amide bonds. The van der Waals surface area contributed by atoms with Crippen LogP contribution >= 0.6 is 0 Å². The van der Waals surface area contributed by atoms with Crippen LogP contribution in [0.1, 0.15) is 25.8 Å². The highest BCUT2D eigenvalue weighted by atomic mass is 16.3. The molecular formula is C11H14N2O. The zero-order valence-electron chi connectivity index (χ0n) is 8.41. The average molecular weight is 190 g/mol. The third-order valence-electron chi connectivity index (χ3n) is 2.75. The van der Waals surface area contributed by atoms with Gasteiger partial charge in [0.1, 0.15) is 0 Å². The molecule has 0 aliphatic rings. The van der Waals surface area contributed by atoms with Crippen LogP contribution in [0.4, 0.5) is 0 Å². The quantitative estimate of drug-likeness (QED) is 0.762. The molecule has 2 rings (SSSR count). The normalized spacial score (nSPS) is 15.6. The Hall–Kier alpha value is -1.35. The van der Waals surface area contributed by atoms with Crippen LogP contribution in [0.3, 0.4) is 0 Å².